The molecule has 90 valence electrons. The van der Waals surface area contributed by atoms with Gasteiger partial charge in [-0.25, -0.2) is 4.39 Å². The van der Waals surface area contributed by atoms with Gasteiger partial charge in [0.15, 0.2) is 11.6 Å². The van der Waals surface area contributed by atoms with Gasteiger partial charge in [0.1, 0.15) is 5.82 Å². The number of anilines is 1. The molecule has 17 heavy (non-hydrogen) atoms. The van der Waals surface area contributed by atoms with Crippen LogP contribution >= 0.6 is 0 Å². The molecule has 2 N–H and O–H groups in total. The van der Waals surface area contributed by atoms with Crippen molar-refractivity contribution in [3.05, 3.63) is 35.6 Å². The van der Waals surface area contributed by atoms with Gasteiger partial charge >= 0.3 is 0 Å². The molecule has 0 aliphatic carbocycles. The number of hydrogen-bond acceptors (Lipinski definition) is 3. The SMILES string of the molecule is CC(C)Cc1c(N)noc1-c1ccc(F)cc1. The molecule has 0 saturated heterocycles. The summed E-state index contributed by atoms with van der Waals surface area (Å²) >= 11 is 0. The maximum absolute atomic E-state index is 12.8. The topological polar surface area (TPSA) is 52.0 Å². The first-order chi connectivity index (χ1) is 8.08. The van der Waals surface area contributed by atoms with E-state index in [1.165, 1.54) is 12.1 Å². The summed E-state index contributed by atoms with van der Waals surface area (Å²) < 4.78 is 18.1. The summed E-state index contributed by atoms with van der Waals surface area (Å²) in [4.78, 5) is 0. The number of aromatic nitrogens is 1. The van der Waals surface area contributed by atoms with E-state index in [-0.39, 0.29) is 5.82 Å². The van der Waals surface area contributed by atoms with Gasteiger partial charge in [-0.15, -0.1) is 0 Å². The molecule has 0 spiro atoms. The van der Waals surface area contributed by atoms with E-state index >= 15 is 0 Å². The fraction of sp³-hybridized carbons (Fsp3) is 0.308. The van der Waals surface area contributed by atoms with Gasteiger partial charge in [-0.1, -0.05) is 19.0 Å². The smallest absolute Gasteiger partial charge is 0.172 e. The summed E-state index contributed by atoms with van der Waals surface area (Å²) in [6.07, 6.45) is 0.794. The number of benzene rings is 1. The lowest BCUT2D eigenvalue weighted by molar-refractivity contribution is 0.434. The first-order valence-corrected chi connectivity index (χ1v) is 5.58. The fourth-order valence-corrected chi connectivity index (χ4v) is 1.76. The van der Waals surface area contributed by atoms with E-state index in [1.807, 2.05) is 0 Å². The third kappa shape index (κ3) is 2.46. The van der Waals surface area contributed by atoms with Crippen molar-refractivity contribution >= 4 is 5.82 Å². The Kier molecular flexibility index (Phi) is 3.13. The van der Waals surface area contributed by atoms with Gasteiger partial charge < -0.3 is 10.3 Å². The molecule has 1 aromatic carbocycles. The van der Waals surface area contributed by atoms with Crippen molar-refractivity contribution in [2.24, 2.45) is 5.92 Å². The predicted molar refractivity (Wildman–Crippen MR) is 64.9 cm³/mol. The Bertz CT molecular complexity index is 503. The molecule has 1 heterocycles. The van der Waals surface area contributed by atoms with Crippen molar-refractivity contribution < 1.29 is 8.91 Å². The Morgan fingerprint density at radius 1 is 1.29 bits per heavy atom. The summed E-state index contributed by atoms with van der Waals surface area (Å²) in [6, 6.07) is 6.12. The van der Waals surface area contributed by atoms with E-state index in [0.29, 0.717) is 17.5 Å². The van der Waals surface area contributed by atoms with Crippen LogP contribution < -0.4 is 5.73 Å². The Morgan fingerprint density at radius 3 is 2.53 bits per heavy atom. The highest BCUT2D eigenvalue weighted by Gasteiger charge is 2.16. The average Bonchev–Trinajstić information content (AvgIpc) is 2.61. The van der Waals surface area contributed by atoms with E-state index in [1.54, 1.807) is 12.1 Å². The van der Waals surface area contributed by atoms with Crippen LogP contribution in [-0.4, -0.2) is 5.16 Å². The minimum absolute atomic E-state index is 0.272. The van der Waals surface area contributed by atoms with Gasteiger partial charge in [-0.2, -0.15) is 0 Å². The normalized spacial score (nSPS) is 11.1. The molecular weight excluding hydrogens is 219 g/mol. The molecule has 0 bridgehead atoms. The first kappa shape index (κ1) is 11.6. The Balaban J connectivity index is 2.41. The number of rotatable bonds is 3. The van der Waals surface area contributed by atoms with Gasteiger partial charge in [0, 0.05) is 11.1 Å². The second kappa shape index (κ2) is 4.57. The van der Waals surface area contributed by atoms with Crippen LogP contribution in [-0.2, 0) is 6.42 Å². The van der Waals surface area contributed by atoms with E-state index in [0.717, 1.165) is 17.5 Å². The molecule has 0 fully saturated rings. The van der Waals surface area contributed by atoms with Crippen LogP contribution in [0.4, 0.5) is 10.2 Å². The van der Waals surface area contributed by atoms with Gasteiger partial charge in [0.2, 0.25) is 0 Å². The molecule has 1 aromatic heterocycles. The molecular formula is C13H15FN2O. The summed E-state index contributed by atoms with van der Waals surface area (Å²) in [5, 5.41) is 3.78. The van der Waals surface area contributed by atoms with Crippen molar-refractivity contribution in [3.63, 3.8) is 0 Å². The molecule has 2 rings (SSSR count). The van der Waals surface area contributed by atoms with Gasteiger partial charge in [0.05, 0.1) is 0 Å². The van der Waals surface area contributed by atoms with E-state index < -0.39 is 0 Å². The van der Waals surface area contributed by atoms with Gasteiger partial charge in [0.25, 0.3) is 0 Å². The number of nitrogens with two attached hydrogens (primary N) is 1. The van der Waals surface area contributed by atoms with Crippen LogP contribution in [0.1, 0.15) is 19.4 Å². The minimum Gasteiger partial charge on any atom is -0.381 e. The fourth-order valence-electron chi connectivity index (χ4n) is 1.76. The standard InChI is InChI=1S/C13H15FN2O/c1-8(2)7-11-12(17-16-13(11)15)9-3-5-10(14)6-4-9/h3-6,8H,7H2,1-2H3,(H2,15,16). The van der Waals surface area contributed by atoms with E-state index in [4.69, 9.17) is 10.3 Å². The predicted octanol–water partition coefficient (Wildman–Crippen LogP) is 3.26. The zero-order chi connectivity index (χ0) is 12.4. The lowest BCUT2D eigenvalue weighted by Gasteiger charge is -2.05. The number of nitrogen functional groups attached to an aromatic ring is 1. The van der Waals surface area contributed by atoms with Crippen molar-refractivity contribution in [2.45, 2.75) is 20.3 Å². The average molecular weight is 234 g/mol. The molecule has 0 saturated carbocycles. The summed E-state index contributed by atoms with van der Waals surface area (Å²) in [7, 11) is 0. The maximum atomic E-state index is 12.8. The molecule has 0 radical (unpaired) electrons. The van der Waals surface area contributed by atoms with E-state index in [9.17, 15) is 4.39 Å². The van der Waals surface area contributed by atoms with Crippen LogP contribution in [0.2, 0.25) is 0 Å². The summed E-state index contributed by atoms with van der Waals surface area (Å²) in [5.74, 6) is 1.23. The number of nitrogens with zero attached hydrogens (tertiary/aromatic N) is 1. The molecule has 0 aliphatic heterocycles. The molecule has 0 atom stereocenters. The lowest BCUT2D eigenvalue weighted by atomic mass is 10.00. The summed E-state index contributed by atoms with van der Waals surface area (Å²) in [6.45, 7) is 4.20. The zero-order valence-corrected chi connectivity index (χ0v) is 9.90. The Hall–Kier alpha value is -1.84. The van der Waals surface area contributed by atoms with E-state index in [2.05, 4.69) is 19.0 Å². The maximum Gasteiger partial charge on any atom is 0.172 e. The third-order valence-corrected chi connectivity index (χ3v) is 2.54. The van der Waals surface area contributed by atoms with Crippen LogP contribution in [0.3, 0.4) is 0 Å². The van der Waals surface area contributed by atoms with Gasteiger partial charge in [-0.05, 0) is 36.6 Å². The molecule has 4 heteroatoms. The minimum atomic E-state index is -0.272. The van der Waals surface area contributed by atoms with Crippen LogP contribution in [0, 0.1) is 11.7 Å². The Morgan fingerprint density at radius 2 is 1.94 bits per heavy atom. The third-order valence-electron chi connectivity index (χ3n) is 2.54. The molecule has 2 aromatic rings. The van der Waals surface area contributed by atoms with Crippen molar-refractivity contribution in [1.82, 2.24) is 5.16 Å². The second-order valence-electron chi connectivity index (χ2n) is 4.48. The second-order valence-corrected chi connectivity index (χ2v) is 4.48. The number of hydrogen-bond donors (Lipinski definition) is 1. The monoisotopic (exact) mass is 234 g/mol. The van der Waals surface area contributed by atoms with Crippen LogP contribution in [0.25, 0.3) is 11.3 Å². The highest BCUT2D eigenvalue weighted by Crippen LogP contribution is 2.29. The lowest BCUT2D eigenvalue weighted by Crippen LogP contribution is -1.98. The molecule has 0 aliphatic rings. The largest absolute Gasteiger partial charge is 0.381 e. The van der Waals surface area contributed by atoms with Crippen molar-refractivity contribution in [1.29, 1.82) is 0 Å². The molecule has 0 amide bonds. The number of halogens is 1. The summed E-state index contributed by atoms with van der Waals surface area (Å²) in [5.41, 5.74) is 7.47. The highest BCUT2D eigenvalue weighted by molar-refractivity contribution is 5.65. The zero-order valence-electron chi connectivity index (χ0n) is 9.90. The Labute approximate surface area is 99.4 Å². The quantitative estimate of drug-likeness (QED) is 0.886. The van der Waals surface area contributed by atoms with Crippen molar-refractivity contribution in [3.8, 4) is 11.3 Å². The van der Waals surface area contributed by atoms with Crippen LogP contribution in [0.5, 0.6) is 0 Å². The van der Waals surface area contributed by atoms with Crippen molar-refractivity contribution in [2.75, 3.05) is 5.73 Å². The van der Waals surface area contributed by atoms with Gasteiger partial charge in [-0.3, -0.25) is 0 Å². The highest BCUT2D eigenvalue weighted by atomic mass is 19.1. The molecule has 0 unspecified atom stereocenters. The molecule has 3 nitrogen and oxygen atoms in total. The van der Waals surface area contributed by atoms with Crippen LogP contribution in [0.15, 0.2) is 28.8 Å². The first-order valence-electron chi connectivity index (χ1n) is 5.58.